The van der Waals surface area contributed by atoms with Gasteiger partial charge in [-0.1, -0.05) is 49.2 Å². The number of rotatable bonds is 9. The fourth-order valence-electron chi connectivity index (χ4n) is 3.78. The molecule has 0 aliphatic carbocycles. The molecule has 34 heavy (non-hydrogen) atoms. The van der Waals surface area contributed by atoms with Gasteiger partial charge in [0.2, 0.25) is 10.0 Å². The van der Waals surface area contributed by atoms with Gasteiger partial charge in [0.25, 0.3) is 5.91 Å². The molecule has 9 heteroatoms. The molecule has 182 valence electrons. The van der Waals surface area contributed by atoms with Crippen molar-refractivity contribution in [2.24, 2.45) is 0 Å². The van der Waals surface area contributed by atoms with E-state index in [4.69, 9.17) is 4.74 Å². The number of benzene rings is 2. The van der Waals surface area contributed by atoms with Crippen LogP contribution in [0.4, 0.5) is 5.69 Å². The first-order valence-corrected chi connectivity index (χ1v) is 12.9. The van der Waals surface area contributed by atoms with Crippen LogP contribution < -0.4 is 5.32 Å². The number of ketones is 1. The largest absolute Gasteiger partial charge is 0.456 e. The number of ether oxygens (including phenoxy) is 1. The Morgan fingerprint density at radius 1 is 0.941 bits per heavy atom. The summed E-state index contributed by atoms with van der Waals surface area (Å²) in [7, 11) is -3.67. The molecule has 1 saturated heterocycles. The Morgan fingerprint density at radius 3 is 2.29 bits per heavy atom. The first-order chi connectivity index (χ1) is 16.3. The molecule has 1 heterocycles. The Morgan fingerprint density at radius 2 is 1.62 bits per heavy atom. The SMILES string of the molecule is Cc1ccc(NC(=O)COC(=O)CCC(=O)c2ccccc2)cc1S(=O)(=O)N1CCCCCC1. The summed E-state index contributed by atoms with van der Waals surface area (Å²) in [5.74, 6) is -1.43. The Kier molecular flexibility index (Phi) is 8.95. The van der Waals surface area contributed by atoms with Crippen molar-refractivity contribution >= 4 is 33.4 Å². The fraction of sp³-hybridized carbons (Fsp3) is 0.400. The predicted molar refractivity (Wildman–Crippen MR) is 128 cm³/mol. The molecule has 0 aromatic heterocycles. The molecule has 0 atom stereocenters. The fourth-order valence-corrected chi connectivity index (χ4v) is 5.54. The lowest BCUT2D eigenvalue weighted by Gasteiger charge is -2.21. The standard InChI is InChI=1S/C25H30N2O6S/c1-19-11-12-21(17-23(19)34(31,32)27-15-7-2-3-8-16-27)26-24(29)18-33-25(30)14-13-22(28)20-9-5-4-6-10-20/h4-6,9-12,17H,2-3,7-8,13-16,18H2,1H3,(H,26,29). The summed E-state index contributed by atoms with van der Waals surface area (Å²) >= 11 is 0. The summed E-state index contributed by atoms with van der Waals surface area (Å²) in [5, 5.41) is 2.58. The van der Waals surface area contributed by atoms with E-state index in [1.165, 1.54) is 10.4 Å². The topological polar surface area (TPSA) is 110 Å². The van der Waals surface area contributed by atoms with Gasteiger partial charge >= 0.3 is 5.97 Å². The molecule has 0 radical (unpaired) electrons. The van der Waals surface area contributed by atoms with Crippen molar-refractivity contribution in [3.05, 3.63) is 59.7 Å². The quantitative estimate of drug-likeness (QED) is 0.427. The van der Waals surface area contributed by atoms with Gasteiger partial charge in [-0.15, -0.1) is 0 Å². The molecule has 0 unspecified atom stereocenters. The minimum Gasteiger partial charge on any atom is -0.456 e. The molecule has 1 fully saturated rings. The molecule has 8 nitrogen and oxygen atoms in total. The monoisotopic (exact) mass is 486 g/mol. The zero-order chi connectivity index (χ0) is 24.6. The van der Waals surface area contributed by atoms with Gasteiger partial charge in [-0.05, 0) is 37.5 Å². The number of hydrogen-bond donors (Lipinski definition) is 1. The van der Waals surface area contributed by atoms with E-state index >= 15 is 0 Å². The lowest BCUT2D eigenvalue weighted by atomic mass is 10.1. The van der Waals surface area contributed by atoms with Gasteiger partial charge in [0.05, 0.1) is 11.3 Å². The van der Waals surface area contributed by atoms with Crippen molar-refractivity contribution in [1.82, 2.24) is 4.31 Å². The number of amides is 1. The van der Waals surface area contributed by atoms with Gasteiger partial charge in [0.1, 0.15) is 0 Å². The third kappa shape index (κ3) is 6.98. The molecule has 2 aromatic rings. The van der Waals surface area contributed by atoms with Crippen molar-refractivity contribution < 1.29 is 27.5 Å². The molecule has 1 N–H and O–H groups in total. The predicted octanol–water partition coefficient (Wildman–Crippen LogP) is 3.70. The average molecular weight is 487 g/mol. The van der Waals surface area contributed by atoms with E-state index in [2.05, 4.69) is 5.32 Å². The number of hydrogen-bond acceptors (Lipinski definition) is 6. The third-order valence-electron chi connectivity index (χ3n) is 5.67. The Balaban J connectivity index is 1.53. The second-order valence-corrected chi connectivity index (χ2v) is 10.2. The van der Waals surface area contributed by atoms with Crippen molar-refractivity contribution in [3.8, 4) is 0 Å². The molecule has 0 spiro atoms. The van der Waals surface area contributed by atoms with Crippen LogP contribution in [0.25, 0.3) is 0 Å². The highest BCUT2D eigenvalue weighted by Gasteiger charge is 2.27. The van der Waals surface area contributed by atoms with Crippen LogP contribution >= 0.6 is 0 Å². The first kappa shape index (κ1) is 25.6. The summed E-state index contributed by atoms with van der Waals surface area (Å²) in [6.07, 6.45) is 3.54. The summed E-state index contributed by atoms with van der Waals surface area (Å²) < 4.78 is 32.8. The molecule has 2 aromatic carbocycles. The number of aryl methyl sites for hydroxylation is 1. The first-order valence-electron chi connectivity index (χ1n) is 11.4. The summed E-state index contributed by atoms with van der Waals surface area (Å²) in [6.45, 7) is 2.16. The zero-order valence-corrected chi connectivity index (χ0v) is 20.1. The molecular formula is C25H30N2O6S. The maximum atomic E-state index is 13.2. The van der Waals surface area contributed by atoms with E-state index in [9.17, 15) is 22.8 Å². The van der Waals surface area contributed by atoms with Gasteiger partial charge in [-0.2, -0.15) is 4.31 Å². The van der Waals surface area contributed by atoms with Crippen LogP contribution in [0.5, 0.6) is 0 Å². The molecule has 1 aliphatic rings. The second-order valence-electron chi connectivity index (χ2n) is 8.30. The Hall–Kier alpha value is -3.04. The van der Waals surface area contributed by atoms with Gasteiger partial charge in [-0.25, -0.2) is 8.42 Å². The zero-order valence-electron chi connectivity index (χ0n) is 19.3. The third-order valence-corrected chi connectivity index (χ3v) is 7.71. The molecule has 1 amide bonds. The van der Waals surface area contributed by atoms with E-state index < -0.39 is 28.5 Å². The molecule has 0 saturated carbocycles. The van der Waals surface area contributed by atoms with Crippen LogP contribution in [-0.2, 0) is 24.3 Å². The van der Waals surface area contributed by atoms with Crippen LogP contribution in [0, 0.1) is 6.92 Å². The number of nitrogens with one attached hydrogen (secondary N) is 1. The number of carbonyl (C=O) groups is 3. The highest BCUT2D eigenvalue weighted by molar-refractivity contribution is 7.89. The number of anilines is 1. The van der Waals surface area contributed by atoms with Crippen molar-refractivity contribution in [3.63, 3.8) is 0 Å². The van der Waals surface area contributed by atoms with Crippen molar-refractivity contribution in [2.45, 2.75) is 50.3 Å². The lowest BCUT2D eigenvalue weighted by Crippen LogP contribution is -2.32. The molecule has 0 bridgehead atoms. The van der Waals surface area contributed by atoms with E-state index in [-0.39, 0.29) is 23.5 Å². The molecule has 3 rings (SSSR count). The van der Waals surface area contributed by atoms with Gasteiger partial charge in [0.15, 0.2) is 12.4 Å². The molecular weight excluding hydrogens is 456 g/mol. The number of sulfonamides is 1. The van der Waals surface area contributed by atoms with Crippen LogP contribution in [0.3, 0.4) is 0 Å². The van der Waals surface area contributed by atoms with Gasteiger partial charge in [0, 0.05) is 30.8 Å². The number of nitrogens with zero attached hydrogens (tertiary/aromatic N) is 1. The minimum atomic E-state index is -3.67. The van der Waals surface area contributed by atoms with E-state index in [0.717, 1.165) is 25.7 Å². The highest BCUT2D eigenvalue weighted by atomic mass is 32.2. The second kappa shape index (κ2) is 11.9. The maximum Gasteiger partial charge on any atom is 0.306 e. The van der Waals surface area contributed by atoms with Crippen LogP contribution in [-0.4, -0.2) is 50.1 Å². The minimum absolute atomic E-state index is 0.0137. The van der Waals surface area contributed by atoms with E-state index in [1.54, 1.807) is 49.4 Å². The van der Waals surface area contributed by atoms with Crippen molar-refractivity contribution in [1.29, 1.82) is 0 Å². The average Bonchev–Trinajstić information content (AvgIpc) is 3.13. The Bertz CT molecular complexity index is 1120. The number of carbonyl (C=O) groups excluding carboxylic acids is 3. The summed E-state index contributed by atoms with van der Waals surface area (Å²) in [4.78, 5) is 36.4. The summed E-state index contributed by atoms with van der Waals surface area (Å²) in [6, 6.07) is 13.3. The van der Waals surface area contributed by atoms with Crippen LogP contribution in [0.15, 0.2) is 53.4 Å². The highest BCUT2D eigenvalue weighted by Crippen LogP contribution is 2.25. The van der Waals surface area contributed by atoms with E-state index in [0.29, 0.717) is 29.9 Å². The lowest BCUT2D eigenvalue weighted by molar-refractivity contribution is -0.147. The Labute approximate surface area is 200 Å². The van der Waals surface area contributed by atoms with Crippen LogP contribution in [0.2, 0.25) is 0 Å². The number of esters is 1. The van der Waals surface area contributed by atoms with Gasteiger partial charge in [-0.3, -0.25) is 14.4 Å². The van der Waals surface area contributed by atoms with E-state index in [1.807, 2.05) is 0 Å². The van der Waals surface area contributed by atoms with Crippen molar-refractivity contribution in [2.75, 3.05) is 25.0 Å². The maximum absolute atomic E-state index is 13.2. The van der Waals surface area contributed by atoms with Crippen LogP contribution in [0.1, 0.15) is 54.4 Å². The van der Waals surface area contributed by atoms with Gasteiger partial charge < -0.3 is 10.1 Å². The smallest absolute Gasteiger partial charge is 0.306 e. The summed E-state index contributed by atoms with van der Waals surface area (Å²) in [5.41, 5.74) is 1.41. The number of Topliss-reactive ketones (excluding diaryl/α,β-unsaturated/α-hetero) is 1. The normalized spacial score (nSPS) is 14.7. The molecule has 1 aliphatic heterocycles.